The molecule has 0 saturated heterocycles. The van der Waals surface area contributed by atoms with Gasteiger partial charge in [0.1, 0.15) is 11.6 Å². The third-order valence-corrected chi connectivity index (χ3v) is 5.19. The van der Waals surface area contributed by atoms with Gasteiger partial charge in [-0.25, -0.2) is 9.97 Å². The van der Waals surface area contributed by atoms with Gasteiger partial charge < -0.3 is 11.1 Å². The van der Waals surface area contributed by atoms with E-state index in [0.29, 0.717) is 11.9 Å². The van der Waals surface area contributed by atoms with Crippen LogP contribution in [0.1, 0.15) is 36.1 Å². The van der Waals surface area contributed by atoms with E-state index in [1.165, 1.54) is 33.4 Å². The van der Waals surface area contributed by atoms with Gasteiger partial charge in [-0.15, -0.1) is 0 Å². The van der Waals surface area contributed by atoms with Crippen LogP contribution in [-0.2, 0) is 0 Å². The Kier molecular flexibility index (Phi) is 5.17. The molecule has 3 N–H and O–H groups in total. The smallest absolute Gasteiger partial charge is 0.126 e. The lowest BCUT2D eigenvalue weighted by molar-refractivity contribution is 0.889. The maximum Gasteiger partial charge on any atom is 0.126 e. The fourth-order valence-electron chi connectivity index (χ4n) is 3.65. The molecule has 27 heavy (non-hydrogen) atoms. The fourth-order valence-corrected chi connectivity index (χ4v) is 3.65. The highest BCUT2D eigenvalue weighted by Gasteiger charge is 2.17. The minimum atomic E-state index is 0.365. The normalized spacial score (nSPS) is 11.1. The Balaban J connectivity index is 2.12. The Morgan fingerprint density at radius 3 is 1.59 bits per heavy atom. The molecular weight excluding hydrogens is 332 g/mol. The first-order valence-corrected chi connectivity index (χ1v) is 9.34. The molecule has 0 spiro atoms. The molecule has 0 aliphatic heterocycles. The number of nitrogens with zero attached hydrogens (tertiary/aromatic N) is 2. The maximum atomic E-state index is 5.76. The van der Waals surface area contributed by atoms with Crippen molar-refractivity contribution >= 4 is 11.6 Å². The van der Waals surface area contributed by atoms with Crippen molar-refractivity contribution in [2.24, 2.45) is 0 Å². The van der Waals surface area contributed by atoms with E-state index in [0.717, 1.165) is 16.9 Å². The van der Waals surface area contributed by atoms with Crippen molar-refractivity contribution in [1.82, 2.24) is 9.97 Å². The molecule has 0 amide bonds. The summed E-state index contributed by atoms with van der Waals surface area (Å²) < 4.78 is 0. The molecule has 0 fully saturated rings. The van der Waals surface area contributed by atoms with Crippen LogP contribution in [0.5, 0.6) is 0 Å². The second-order valence-corrected chi connectivity index (χ2v) is 7.45. The number of nitrogen functional groups attached to an aromatic ring is 1. The molecule has 0 aliphatic rings. The average molecular weight is 361 g/mol. The Morgan fingerprint density at radius 2 is 1.22 bits per heavy atom. The highest BCUT2D eigenvalue weighted by Crippen LogP contribution is 2.38. The number of aromatic nitrogens is 2. The topological polar surface area (TPSA) is 63.8 Å². The van der Waals surface area contributed by atoms with E-state index in [4.69, 9.17) is 5.73 Å². The summed E-state index contributed by atoms with van der Waals surface area (Å²) in [5.74, 6) is 1.45. The van der Waals surface area contributed by atoms with E-state index in [1.807, 2.05) is 24.5 Å². The summed E-state index contributed by atoms with van der Waals surface area (Å²) in [4.78, 5) is 8.86. The Labute approximate surface area is 161 Å². The van der Waals surface area contributed by atoms with Crippen LogP contribution in [0.4, 0.5) is 11.6 Å². The van der Waals surface area contributed by atoms with Crippen LogP contribution in [-0.4, -0.2) is 16.0 Å². The van der Waals surface area contributed by atoms with Crippen molar-refractivity contribution in [2.75, 3.05) is 11.1 Å². The minimum absolute atomic E-state index is 0.365. The standard InChI is InChI=1S/C23H28N4/c1-13(2)27-21-10-8-19(12-26-21)23-16(5)14(3)22(15(4)17(23)6)18-7-9-20(24)25-11-18/h7-13H,1-6H3,(H2,24,25)(H,26,27). The van der Waals surface area contributed by atoms with Crippen LogP contribution in [0.2, 0.25) is 0 Å². The zero-order valence-electron chi connectivity index (χ0n) is 17.0. The minimum Gasteiger partial charge on any atom is -0.384 e. The van der Waals surface area contributed by atoms with Crippen molar-refractivity contribution in [3.8, 4) is 22.3 Å². The average Bonchev–Trinajstić information content (AvgIpc) is 2.63. The highest BCUT2D eigenvalue weighted by molar-refractivity contribution is 5.82. The van der Waals surface area contributed by atoms with Crippen LogP contribution in [0.15, 0.2) is 36.7 Å². The highest BCUT2D eigenvalue weighted by atomic mass is 15.0. The number of hydrogen-bond donors (Lipinski definition) is 2. The van der Waals surface area contributed by atoms with Crippen molar-refractivity contribution < 1.29 is 0 Å². The number of hydrogen-bond acceptors (Lipinski definition) is 4. The van der Waals surface area contributed by atoms with E-state index < -0.39 is 0 Å². The van der Waals surface area contributed by atoms with E-state index in [1.54, 1.807) is 0 Å². The third-order valence-electron chi connectivity index (χ3n) is 5.19. The van der Waals surface area contributed by atoms with Gasteiger partial charge in [-0.05, 0) is 99.2 Å². The SMILES string of the molecule is Cc1c(C)c(-c2ccc(NC(C)C)nc2)c(C)c(C)c1-c1ccc(N)nc1. The van der Waals surface area contributed by atoms with Gasteiger partial charge in [0, 0.05) is 29.6 Å². The number of pyridine rings is 2. The monoisotopic (exact) mass is 360 g/mol. The predicted molar refractivity (Wildman–Crippen MR) is 115 cm³/mol. The van der Waals surface area contributed by atoms with Gasteiger partial charge in [0.05, 0.1) is 0 Å². The second kappa shape index (κ2) is 7.39. The molecule has 4 heteroatoms. The summed E-state index contributed by atoms with van der Waals surface area (Å²) in [6.45, 7) is 13.0. The van der Waals surface area contributed by atoms with Crippen LogP contribution < -0.4 is 11.1 Å². The molecule has 2 heterocycles. The summed E-state index contributed by atoms with van der Waals surface area (Å²) in [5.41, 5.74) is 15.6. The van der Waals surface area contributed by atoms with Gasteiger partial charge in [-0.1, -0.05) is 0 Å². The first kappa shape index (κ1) is 18.9. The maximum absolute atomic E-state index is 5.76. The summed E-state index contributed by atoms with van der Waals surface area (Å²) in [6, 6.07) is 8.47. The molecule has 3 aromatic rings. The number of anilines is 2. The molecule has 3 rings (SSSR count). The van der Waals surface area contributed by atoms with Gasteiger partial charge in [0.25, 0.3) is 0 Å². The van der Waals surface area contributed by atoms with Crippen LogP contribution in [0, 0.1) is 27.7 Å². The van der Waals surface area contributed by atoms with Gasteiger partial charge in [0.15, 0.2) is 0 Å². The van der Waals surface area contributed by atoms with Gasteiger partial charge in [-0.3, -0.25) is 0 Å². The van der Waals surface area contributed by atoms with E-state index in [9.17, 15) is 0 Å². The molecule has 1 aromatic carbocycles. The van der Waals surface area contributed by atoms with Gasteiger partial charge in [-0.2, -0.15) is 0 Å². The number of rotatable bonds is 4. The van der Waals surface area contributed by atoms with E-state index in [-0.39, 0.29) is 0 Å². The van der Waals surface area contributed by atoms with Crippen molar-refractivity contribution in [1.29, 1.82) is 0 Å². The number of nitrogens with two attached hydrogens (primary N) is 1. The van der Waals surface area contributed by atoms with Crippen LogP contribution in [0.3, 0.4) is 0 Å². The molecule has 0 radical (unpaired) electrons. The summed E-state index contributed by atoms with van der Waals surface area (Å²) in [5, 5.41) is 3.34. The van der Waals surface area contributed by atoms with Crippen molar-refractivity contribution in [3.63, 3.8) is 0 Å². The number of benzene rings is 1. The zero-order chi connectivity index (χ0) is 19.7. The van der Waals surface area contributed by atoms with E-state index >= 15 is 0 Å². The Morgan fingerprint density at radius 1 is 0.741 bits per heavy atom. The summed E-state index contributed by atoms with van der Waals surface area (Å²) in [6.07, 6.45) is 3.82. The first-order chi connectivity index (χ1) is 12.8. The first-order valence-electron chi connectivity index (χ1n) is 9.34. The quantitative estimate of drug-likeness (QED) is 0.649. The van der Waals surface area contributed by atoms with Gasteiger partial charge in [0.2, 0.25) is 0 Å². The fraction of sp³-hybridized carbons (Fsp3) is 0.304. The molecule has 0 atom stereocenters. The van der Waals surface area contributed by atoms with Crippen LogP contribution >= 0.6 is 0 Å². The molecule has 2 aromatic heterocycles. The number of nitrogens with one attached hydrogen (secondary N) is 1. The molecule has 4 nitrogen and oxygen atoms in total. The molecule has 140 valence electrons. The Hall–Kier alpha value is -2.88. The summed E-state index contributed by atoms with van der Waals surface area (Å²) >= 11 is 0. The molecule has 0 saturated carbocycles. The second-order valence-electron chi connectivity index (χ2n) is 7.45. The predicted octanol–water partition coefficient (Wildman–Crippen LogP) is 5.45. The lowest BCUT2D eigenvalue weighted by Crippen LogP contribution is -2.10. The van der Waals surface area contributed by atoms with Crippen molar-refractivity contribution in [3.05, 3.63) is 58.9 Å². The lowest BCUT2D eigenvalue weighted by Gasteiger charge is -2.21. The molecule has 0 bridgehead atoms. The lowest BCUT2D eigenvalue weighted by atomic mass is 9.84. The molecule has 0 aliphatic carbocycles. The Bertz CT molecular complexity index is 926. The zero-order valence-corrected chi connectivity index (χ0v) is 17.0. The summed E-state index contributed by atoms with van der Waals surface area (Å²) in [7, 11) is 0. The third kappa shape index (κ3) is 3.65. The molecular formula is C23H28N4. The molecule has 0 unspecified atom stereocenters. The van der Waals surface area contributed by atoms with Crippen molar-refractivity contribution in [2.45, 2.75) is 47.6 Å². The largest absolute Gasteiger partial charge is 0.384 e. The van der Waals surface area contributed by atoms with E-state index in [2.05, 4.69) is 69.0 Å². The van der Waals surface area contributed by atoms with Gasteiger partial charge >= 0.3 is 0 Å². The van der Waals surface area contributed by atoms with Crippen LogP contribution in [0.25, 0.3) is 22.3 Å².